The van der Waals surface area contributed by atoms with Crippen molar-refractivity contribution < 1.29 is 8.83 Å². The number of furan rings is 2. The van der Waals surface area contributed by atoms with Crippen LogP contribution in [0.4, 0.5) is 28.4 Å². The summed E-state index contributed by atoms with van der Waals surface area (Å²) < 4.78 is 17.0. The molecule has 0 saturated heterocycles. The molecule has 5 heterocycles. The van der Waals surface area contributed by atoms with E-state index in [1.165, 1.54) is 70.5 Å². The molecule has 0 bridgehead atoms. The number of para-hydroxylation sites is 1. The highest BCUT2D eigenvalue weighted by Gasteiger charge is 2.49. The van der Waals surface area contributed by atoms with Crippen LogP contribution in [0.2, 0.25) is 0 Å². The van der Waals surface area contributed by atoms with E-state index < -0.39 is 0 Å². The molecule has 0 atom stereocenters. The van der Waals surface area contributed by atoms with Gasteiger partial charge in [0.1, 0.15) is 22.3 Å². The fourth-order valence-electron chi connectivity index (χ4n) is 12.6. The molecule has 0 fully saturated rings. The van der Waals surface area contributed by atoms with Crippen LogP contribution in [-0.4, -0.2) is 6.85 Å². The van der Waals surface area contributed by atoms with E-state index in [9.17, 15) is 0 Å². The van der Waals surface area contributed by atoms with Crippen LogP contribution in [0.1, 0.15) is 104 Å². The summed E-state index contributed by atoms with van der Waals surface area (Å²) in [7, 11) is 0. The number of anilines is 5. The molecule has 2 aliphatic heterocycles. The molecule has 0 unspecified atom stereocenters. The van der Waals surface area contributed by atoms with Gasteiger partial charge in [-0.3, -0.25) is 0 Å². The van der Waals surface area contributed by atoms with Crippen LogP contribution in [-0.2, 0) is 21.7 Å². The second-order valence-electron chi connectivity index (χ2n) is 24.4. The Bertz CT molecular complexity index is 4060. The average Bonchev–Trinajstić information content (AvgIpc) is 4.05. The lowest BCUT2D eigenvalue weighted by atomic mass is 9.46. The number of rotatable bonds is 3. The van der Waals surface area contributed by atoms with Crippen molar-refractivity contribution in [1.29, 1.82) is 0 Å². The molecule has 4 nitrogen and oxygen atoms in total. The van der Waals surface area contributed by atoms with E-state index in [-0.39, 0.29) is 28.5 Å². The highest BCUT2D eigenvalue weighted by Crippen LogP contribution is 2.55. The molecule has 1 aliphatic carbocycles. The molecule has 14 rings (SSSR count). The van der Waals surface area contributed by atoms with Crippen molar-refractivity contribution in [1.82, 2.24) is 0 Å². The van der Waals surface area contributed by atoms with Crippen LogP contribution in [0.5, 0.6) is 0 Å². The largest absolute Gasteiger partial charge is 0.456 e. The predicted molar refractivity (Wildman–Crippen MR) is 308 cm³/mol. The average molecular weight is 955 g/mol. The summed E-state index contributed by atoms with van der Waals surface area (Å²) in [4.78, 5) is 5.24. The van der Waals surface area contributed by atoms with Gasteiger partial charge in [-0.15, -0.1) is 11.3 Å². The summed E-state index contributed by atoms with van der Waals surface area (Å²) in [6.45, 7) is 23.3. The fraction of sp³-hybridized carbons (Fsp3) is 0.242. The summed E-state index contributed by atoms with van der Waals surface area (Å²) in [6, 6.07) is 57.3. The van der Waals surface area contributed by atoms with Gasteiger partial charge in [0, 0.05) is 76.4 Å². The van der Waals surface area contributed by atoms with E-state index in [0.717, 1.165) is 79.5 Å². The molecule has 0 radical (unpaired) electrons. The zero-order valence-corrected chi connectivity index (χ0v) is 43.9. The Morgan fingerprint density at radius 1 is 0.514 bits per heavy atom. The van der Waals surface area contributed by atoms with Crippen LogP contribution in [0.25, 0.3) is 76.2 Å². The maximum atomic E-state index is 7.23. The monoisotopic (exact) mass is 954 g/mol. The number of fused-ring (bicyclic) bond motifs is 14. The molecule has 72 heavy (non-hydrogen) atoms. The van der Waals surface area contributed by atoms with E-state index in [4.69, 9.17) is 8.83 Å². The van der Waals surface area contributed by atoms with Gasteiger partial charge in [0.05, 0.1) is 5.69 Å². The lowest BCUT2D eigenvalue weighted by Gasteiger charge is -2.44. The second-order valence-corrected chi connectivity index (χ2v) is 25.5. The van der Waals surface area contributed by atoms with E-state index in [2.05, 4.69) is 231 Å². The van der Waals surface area contributed by atoms with Crippen LogP contribution in [0.3, 0.4) is 0 Å². The van der Waals surface area contributed by atoms with Crippen LogP contribution in [0, 0.1) is 0 Å². The lowest BCUT2D eigenvalue weighted by Crippen LogP contribution is -2.60. The maximum Gasteiger partial charge on any atom is 0.343 e. The van der Waals surface area contributed by atoms with Gasteiger partial charge >= 0.3 is 6.85 Å². The number of hydrogen-bond donors (Lipinski definition) is 0. The zero-order valence-electron chi connectivity index (χ0n) is 43.0. The van der Waals surface area contributed by atoms with E-state index >= 15 is 0 Å². The molecule has 3 aromatic heterocycles. The van der Waals surface area contributed by atoms with Gasteiger partial charge in [-0.05, 0) is 140 Å². The Morgan fingerprint density at radius 3 is 1.86 bits per heavy atom. The van der Waals surface area contributed by atoms with E-state index in [1.807, 2.05) is 11.3 Å². The van der Waals surface area contributed by atoms with Crippen molar-refractivity contribution in [2.75, 3.05) is 9.71 Å². The molecule has 0 spiro atoms. The molecule has 6 heteroatoms. The molecule has 8 aromatic carbocycles. The summed E-state index contributed by atoms with van der Waals surface area (Å²) in [5, 5.41) is 5.82. The third kappa shape index (κ3) is 6.30. The molecule has 354 valence electrons. The summed E-state index contributed by atoms with van der Waals surface area (Å²) in [5.41, 5.74) is 21.0. The van der Waals surface area contributed by atoms with Crippen molar-refractivity contribution in [3.8, 4) is 22.3 Å². The molecule has 0 amide bonds. The Morgan fingerprint density at radius 2 is 1.14 bits per heavy atom. The molecule has 0 saturated carbocycles. The highest BCUT2D eigenvalue weighted by atomic mass is 32.1. The summed E-state index contributed by atoms with van der Waals surface area (Å²) in [6.07, 6.45) is 2.30. The second kappa shape index (κ2) is 14.8. The van der Waals surface area contributed by atoms with Gasteiger partial charge in [-0.2, -0.15) is 0 Å². The Hall–Kier alpha value is -7.02. The smallest absolute Gasteiger partial charge is 0.343 e. The zero-order chi connectivity index (χ0) is 49.4. The van der Waals surface area contributed by atoms with Crippen LogP contribution < -0.4 is 20.0 Å². The third-order valence-corrected chi connectivity index (χ3v) is 18.0. The van der Waals surface area contributed by atoms with Crippen molar-refractivity contribution in [2.24, 2.45) is 0 Å². The van der Waals surface area contributed by atoms with Gasteiger partial charge in [-0.1, -0.05) is 148 Å². The van der Waals surface area contributed by atoms with E-state index in [1.54, 1.807) is 0 Å². The number of hydrogen-bond acceptors (Lipinski definition) is 5. The number of thiophene rings is 1. The van der Waals surface area contributed by atoms with Crippen molar-refractivity contribution >= 4 is 111 Å². The number of nitrogens with zero attached hydrogens (tertiary/aromatic N) is 2. The van der Waals surface area contributed by atoms with E-state index in [0.29, 0.717) is 0 Å². The topological polar surface area (TPSA) is 32.8 Å². The first-order valence-corrected chi connectivity index (χ1v) is 26.7. The first-order chi connectivity index (χ1) is 34.4. The molecular formula is C66H59BN2O2S. The summed E-state index contributed by atoms with van der Waals surface area (Å²) in [5.74, 6) is 0. The van der Waals surface area contributed by atoms with Crippen LogP contribution in [0.15, 0.2) is 160 Å². The molecular weight excluding hydrogens is 896 g/mol. The van der Waals surface area contributed by atoms with Gasteiger partial charge in [0.15, 0.2) is 0 Å². The quantitative estimate of drug-likeness (QED) is 0.165. The molecule has 0 N–H and O–H groups in total. The first-order valence-electron chi connectivity index (χ1n) is 25.9. The summed E-state index contributed by atoms with van der Waals surface area (Å²) >= 11 is 1.93. The highest BCUT2D eigenvalue weighted by molar-refractivity contribution is 7.32. The normalized spacial score (nSPS) is 15.9. The molecule has 3 aliphatic rings. The van der Waals surface area contributed by atoms with Gasteiger partial charge in [0.25, 0.3) is 0 Å². The van der Waals surface area contributed by atoms with Gasteiger partial charge in [0.2, 0.25) is 0 Å². The Labute approximate surface area is 427 Å². The predicted octanol–water partition coefficient (Wildman–Crippen LogP) is 18.0. The minimum absolute atomic E-state index is 0.00920. The van der Waals surface area contributed by atoms with Crippen molar-refractivity contribution in [3.05, 3.63) is 174 Å². The first kappa shape index (κ1) is 43.7. The van der Waals surface area contributed by atoms with Crippen molar-refractivity contribution in [2.45, 2.75) is 104 Å². The Kier molecular flexibility index (Phi) is 8.99. The standard InChI is InChI=1S/C66H59BN2O2S/c1-63(2,3)40-22-27-42(28-23-40)68-53-35-47-44-18-14-15-19-54(44)71-61(47)58-48-33-45-46-34-50-51(66(9,10)31-30-65(50,7)8)36-55(46)70-56(45)37-52(48)69(43-25-20-39(21-26-43)38-16-12-11-13-17-38)67(59(53)58)62-60(68)49-32-41(64(4,5)6)24-29-57(49)72-62/h11-29,32-37H,30-31H2,1-10H3. The lowest BCUT2D eigenvalue weighted by molar-refractivity contribution is 0.332. The Balaban J connectivity index is 1.13. The molecule has 11 aromatic rings. The van der Waals surface area contributed by atoms with Crippen molar-refractivity contribution in [3.63, 3.8) is 0 Å². The number of benzene rings is 8. The SMILES string of the molecule is CC(C)(C)c1ccc(N2c3cc4c(oc5ccccc54)c4c3B(c3sc5ccc(C(C)(C)C)cc5c32)N(c2ccc(-c3ccccc3)cc2)c2cc3oc5cc6c(cc5c3cc2-4)C(C)(C)CCC6(C)C)cc1. The van der Waals surface area contributed by atoms with Crippen LogP contribution >= 0.6 is 11.3 Å². The minimum atomic E-state index is -0.200. The fourth-order valence-corrected chi connectivity index (χ4v) is 13.9. The minimum Gasteiger partial charge on any atom is -0.456 e. The maximum absolute atomic E-state index is 7.23. The van der Waals surface area contributed by atoms with Gasteiger partial charge in [-0.25, -0.2) is 0 Å². The van der Waals surface area contributed by atoms with Gasteiger partial charge < -0.3 is 18.5 Å². The third-order valence-electron chi connectivity index (χ3n) is 16.8.